The molecule has 1 fully saturated rings. The van der Waals surface area contributed by atoms with Crippen LogP contribution in [0.25, 0.3) is 0 Å². The van der Waals surface area contributed by atoms with Crippen molar-refractivity contribution in [3.05, 3.63) is 16.1 Å². The number of carbonyl (C=O) groups excluding carboxylic acids is 1. The first kappa shape index (κ1) is 15.6. The SMILES string of the molecule is COc1c(Br)cc(C=NN=C2NC(=O)CS2)c(O)c1OC. The summed E-state index contributed by atoms with van der Waals surface area (Å²) in [6, 6.07) is 1.63. The molecular formula is C12H12BrN3O4S. The number of ether oxygens (including phenoxy) is 2. The molecule has 0 aromatic heterocycles. The molecule has 0 atom stereocenters. The van der Waals surface area contributed by atoms with Crippen molar-refractivity contribution >= 4 is 45.0 Å². The van der Waals surface area contributed by atoms with E-state index >= 15 is 0 Å². The van der Waals surface area contributed by atoms with Crippen molar-refractivity contribution in [3.8, 4) is 17.2 Å². The quantitative estimate of drug-likeness (QED) is 0.619. The number of thioether (sulfide) groups is 1. The van der Waals surface area contributed by atoms with Gasteiger partial charge in [0, 0.05) is 5.56 Å². The highest BCUT2D eigenvalue weighted by Crippen LogP contribution is 2.43. The van der Waals surface area contributed by atoms with Gasteiger partial charge < -0.3 is 19.9 Å². The summed E-state index contributed by atoms with van der Waals surface area (Å²) >= 11 is 4.59. The standard InChI is InChI=1S/C12H12BrN3O4S/c1-19-10-7(13)3-6(9(18)11(10)20-2)4-14-16-12-15-8(17)5-21-12/h3-4,18H,5H2,1-2H3,(H,15,16,17). The van der Waals surface area contributed by atoms with E-state index in [9.17, 15) is 9.90 Å². The van der Waals surface area contributed by atoms with Crippen molar-refractivity contribution in [3.63, 3.8) is 0 Å². The first-order chi connectivity index (χ1) is 10.1. The number of amidine groups is 1. The zero-order chi connectivity index (χ0) is 15.4. The average Bonchev–Trinajstić information content (AvgIpc) is 2.87. The molecule has 0 aliphatic carbocycles. The Morgan fingerprint density at radius 2 is 2.14 bits per heavy atom. The summed E-state index contributed by atoms with van der Waals surface area (Å²) in [7, 11) is 2.90. The van der Waals surface area contributed by atoms with Gasteiger partial charge in [-0.3, -0.25) is 4.79 Å². The van der Waals surface area contributed by atoms with Gasteiger partial charge in [-0.25, -0.2) is 0 Å². The Labute approximate surface area is 133 Å². The average molecular weight is 374 g/mol. The van der Waals surface area contributed by atoms with Crippen molar-refractivity contribution in [2.24, 2.45) is 10.2 Å². The van der Waals surface area contributed by atoms with Crippen LogP contribution >= 0.6 is 27.7 Å². The lowest BCUT2D eigenvalue weighted by Crippen LogP contribution is -2.19. The predicted octanol–water partition coefficient (Wildman–Crippen LogP) is 1.72. The van der Waals surface area contributed by atoms with Crippen LogP contribution < -0.4 is 14.8 Å². The van der Waals surface area contributed by atoms with Gasteiger partial charge in [0.05, 0.1) is 30.7 Å². The molecule has 0 spiro atoms. The fourth-order valence-electron chi connectivity index (χ4n) is 1.62. The molecule has 1 aliphatic rings. The summed E-state index contributed by atoms with van der Waals surface area (Å²) < 4.78 is 10.9. The zero-order valence-electron chi connectivity index (χ0n) is 11.2. The van der Waals surface area contributed by atoms with Crippen LogP contribution in [0.3, 0.4) is 0 Å². The molecule has 112 valence electrons. The molecule has 21 heavy (non-hydrogen) atoms. The second-order valence-electron chi connectivity index (χ2n) is 3.85. The molecule has 1 saturated heterocycles. The van der Waals surface area contributed by atoms with Crippen LogP contribution in [-0.4, -0.2) is 42.4 Å². The van der Waals surface area contributed by atoms with Crippen LogP contribution in [0.15, 0.2) is 20.7 Å². The maximum Gasteiger partial charge on any atom is 0.236 e. The van der Waals surface area contributed by atoms with Crippen molar-refractivity contribution in [2.75, 3.05) is 20.0 Å². The number of aromatic hydroxyl groups is 1. The van der Waals surface area contributed by atoms with E-state index in [0.717, 1.165) is 0 Å². The number of rotatable bonds is 4. The van der Waals surface area contributed by atoms with Crippen LogP contribution in [0, 0.1) is 0 Å². The highest BCUT2D eigenvalue weighted by molar-refractivity contribution is 9.10. The van der Waals surface area contributed by atoms with Crippen molar-refractivity contribution in [1.29, 1.82) is 0 Å². The minimum Gasteiger partial charge on any atom is -0.504 e. The molecule has 0 radical (unpaired) electrons. The second-order valence-corrected chi connectivity index (χ2v) is 5.67. The lowest BCUT2D eigenvalue weighted by molar-refractivity contribution is -0.116. The fraction of sp³-hybridized carbons (Fsp3) is 0.250. The van der Waals surface area contributed by atoms with Gasteiger partial charge >= 0.3 is 0 Å². The Hall–Kier alpha value is -1.74. The lowest BCUT2D eigenvalue weighted by atomic mass is 10.2. The summed E-state index contributed by atoms with van der Waals surface area (Å²) in [6.45, 7) is 0. The predicted molar refractivity (Wildman–Crippen MR) is 84.5 cm³/mol. The van der Waals surface area contributed by atoms with E-state index in [1.165, 1.54) is 32.2 Å². The first-order valence-electron chi connectivity index (χ1n) is 5.74. The highest BCUT2D eigenvalue weighted by atomic mass is 79.9. The third kappa shape index (κ3) is 3.48. The Bertz CT molecular complexity index is 633. The van der Waals surface area contributed by atoms with Crippen LogP contribution in [0.2, 0.25) is 0 Å². The largest absolute Gasteiger partial charge is 0.504 e. The number of amides is 1. The lowest BCUT2D eigenvalue weighted by Gasteiger charge is -2.12. The number of benzene rings is 1. The molecule has 2 rings (SSSR count). The van der Waals surface area contributed by atoms with Gasteiger partial charge in [-0.15, -0.1) is 5.10 Å². The first-order valence-corrected chi connectivity index (χ1v) is 7.51. The summed E-state index contributed by atoms with van der Waals surface area (Å²) in [5.41, 5.74) is 0.401. The van der Waals surface area contributed by atoms with Crippen molar-refractivity contribution < 1.29 is 19.4 Å². The number of nitrogens with zero attached hydrogens (tertiary/aromatic N) is 2. The van der Waals surface area contributed by atoms with E-state index in [1.807, 2.05) is 0 Å². The molecule has 1 aromatic carbocycles. The van der Waals surface area contributed by atoms with E-state index in [0.29, 0.717) is 26.7 Å². The van der Waals surface area contributed by atoms with E-state index in [4.69, 9.17) is 9.47 Å². The van der Waals surface area contributed by atoms with Gasteiger partial charge in [0.25, 0.3) is 0 Å². The topological polar surface area (TPSA) is 92.5 Å². The van der Waals surface area contributed by atoms with E-state index in [2.05, 4.69) is 31.4 Å². The van der Waals surface area contributed by atoms with Gasteiger partial charge in [-0.2, -0.15) is 5.10 Å². The van der Waals surface area contributed by atoms with Crippen molar-refractivity contribution in [1.82, 2.24) is 5.32 Å². The van der Waals surface area contributed by atoms with Crippen LogP contribution in [-0.2, 0) is 4.79 Å². The number of phenolic OH excluding ortho intramolecular Hbond substituents is 1. The second kappa shape index (κ2) is 6.81. The summed E-state index contributed by atoms with van der Waals surface area (Å²) in [5.74, 6) is 0.707. The number of phenols is 1. The molecule has 1 heterocycles. The Morgan fingerprint density at radius 1 is 1.43 bits per heavy atom. The summed E-state index contributed by atoms with van der Waals surface area (Å²) in [6.07, 6.45) is 1.36. The number of carbonyl (C=O) groups is 1. The van der Waals surface area contributed by atoms with Crippen LogP contribution in [0.5, 0.6) is 17.2 Å². The molecule has 0 saturated carbocycles. The van der Waals surface area contributed by atoms with E-state index in [-0.39, 0.29) is 17.4 Å². The zero-order valence-corrected chi connectivity index (χ0v) is 13.6. The molecule has 7 nitrogen and oxygen atoms in total. The Morgan fingerprint density at radius 3 is 2.71 bits per heavy atom. The third-order valence-corrected chi connectivity index (χ3v) is 3.99. The molecular weight excluding hydrogens is 362 g/mol. The summed E-state index contributed by atoms with van der Waals surface area (Å²) in [4.78, 5) is 11.0. The minimum atomic E-state index is -0.107. The van der Waals surface area contributed by atoms with Gasteiger partial charge in [-0.05, 0) is 22.0 Å². The maximum atomic E-state index is 11.0. The van der Waals surface area contributed by atoms with E-state index < -0.39 is 0 Å². The highest BCUT2D eigenvalue weighted by Gasteiger charge is 2.18. The molecule has 0 unspecified atom stereocenters. The number of methoxy groups -OCH3 is 2. The molecule has 1 amide bonds. The molecule has 1 aliphatic heterocycles. The van der Waals surface area contributed by atoms with Gasteiger partial charge in [0.15, 0.2) is 16.7 Å². The third-order valence-electron chi connectivity index (χ3n) is 2.53. The molecule has 1 aromatic rings. The van der Waals surface area contributed by atoms with Gasteiger partial charge in [0.2, 0.25) is 11.7 Å². The number of hydrogen-bond donors (Lipinski definition) is 2. The minimum absolute atomic E-state index is 0.106. The Balaban J connectivity index is 2.28. The Kier molecular flexibility index (Phi) is 5.07. The number of nitrogens with one attached hydrogen (secondary N) is 1. The molecule has 0 bridgehead atoms. The monoisotopic (exact) mass is 373 g/mol. The van der Waals surface area contributed by atoms with E-state index in [1.54, 1.807) is 6.07 Å². The normalized spacial score (nSPS) is 16.5. The number of hydrogen-bond acceptors (Lipinski definition) is 7. The molecule has 9 heteroatoms. The summed E-state index contributed by atoms with van der Waals surface area (Å²) in [5, 5.41) is 20.8. The number of halogens is 1. The maximum absolute atomic E-state index is 11.0. The molecule has 2 N–H and O–H groups in total. The smallest absolute Gasteiger partial charge is 0.236 e. The van der Waals surface area contributed by atoms with Gasteiger partial charge in [0.1, 0.15) is 0 Å². The van der Waals surface area contributed by atoms with Crippen LogP contribution in [0.1, 0.15) is 5.56 Å². The van der Waals surface area contributed by atoms with Gasteiger partial charge in [-0.1, -0.05) is 11.8 Å². The van der Waals surface area contributed by atoms with Crippen LogP contribution in [0.4, 0.5) is 0 Å². The van der Waals surface area contributed by atoms with Crippen molar-refractivity contribution in [2.45, 2.75) is 0 Å². The fourth-order valence-corrected chi connectivity index (χ4v) is 2.84.